The second-order valence-corrected chi connectivity index (χ2v) is 5.63. The average molecular weight is 295 g/mol. The molecule has 0 radical (unpaired) electrons. The van der Waals surface area contributed by atoms with Crippen molar-refractivity contribution in [2.24, 2.45) is 5.92 Å². The normalized spacial score (nSPS) is 16.4. The second-order valence-electron chi connectivity index (χ2n) is 5.63. The molecule has 2 rings (SSSR count). The molecule has 0 aromatic carbocycles. The molecule has 1 aliphatic heterocycles. The van der Waals surface area contributed by atoms with Crippen LogP contribution in [-0.2, 0) is 6.54 Å². The lowest BCUT2D eigenvalue weighted by molar-refractivity contribution is -0.388. The molecule has 1 fully saturated rings. The Kier molecular flexibility index (Phi) is 5.17. The van der Waals surface area contributed by atoms with Crippen LogP contribution in [0.5, 0.6) is 0 Å². The van der Waals surface area contributed by atoms with Crippen molar-refractivity contribution < 1.29 is 4.92 Å². The molecule has 0 unspecified atom stereocenters. The first-order valence-corrected chi connectivity index (χ1v) is 7.69. The van der Waals surface area contributed by atoms with E-state index in [1.165, 1.54) is 6.42 Å². The van der Waals surface area contributed by atoms with Crippen molar-refractivity contribution >= 4 is 11.6 Å². The Morgan fingerprint density at radius 1 is 1.43 bits per heavy atom. The van der Waals surface area contributed by atoms with Gasteiger partial charge in [0, 0.05) is 26.6 Å². The first-order chi connectivity index (χ1) is 10.1. The van der Waals surface area contributed by atoms with E-state index in [4.69, 9.17) is 0 Å². The van der Waals surface area contributed by atoms with E-state index in [9.17, 15) is 10.1 Å². The molecule has 1 aromatic rings. The number of anilines is 1. The fourth-order valence-electron chi connectivity index (χ4n) is 3.13. The summed E-state index contributed by atoms with van der Waals surface area (Å²) < 4.78 is 1.95. The topological polar surface area (TPSA) is 76.2 Å². The number of aromatic nitrogens is 2. The zero-order valence-corrected chi connectivity index (χ0v) is 13.1. The molecule has 7 heteroatoms. The van der Waals surface area contributed by atoms with E-state index in [2.05, 4.69) is 15.2 Å². The number of hydrogen-bond acceptors (Lipinski definition) is 5. The van der Waals surface area contributed by atoms with Crippen LogP contribution >= 0.6 is 0 Å². The van der Waals surface area contributed by atoms with E-state index in [0.29, 0.717) is 18.3 Å². The van der Waals surface area contributed by atoms with Crippen molar-refractivity contribution in [2.45, 2.75) is 39.7 Å². The molecular formula is C14H25N5O2. The predicted octanol–water partition coefficient (Wildman–Crippen LogP) is 1.95. The van der Waals surface area contributed by atoms with Gasteiger partial charge in [-0.25, -0.2) is 0 Å². The molecule has 1 N–H and O–H groups in total. The van der Waals surface area contributed by atoms with Gasteiger partial charge in [-0.05, 0) is 55.6 Å². The molecule has 1 aliphatic rings. The van der Waals surface area contributed by atoms with Crippen molar-refractivity contribution in [1.29, 1.82) is 0 Å². The molecule has 7 nitrogen and oxygen atoms in total. The van der Waals surface area contributed by atoms with Gasteiger partial charge in [-0.2, -0.15) is 0 Å². The summed E-state index contributed by atoms with van der Waals surface area (Å²) in [7, 11) is 1.97. The number of hydrogen-bond donors (Lipinski definition) is 1. The van der Waals surface area contributed by atoms with Crippen LogP contribution < -0.4 is 10.2 Å². The molecule has 21 heavy (non-hydrogen) atoms. The number of nitrogens with one attached hydrogen (secondary N) is 1. The summed E-state index contributed by atoms with van der Waals surface area (Å²) >= 11 is 0. The van der Waals surface area contributed by atoms with Gasteiger partial charge in [0.1, 0.15) is 0 Å². The highest BCUT2D eigenvalue weighted by Gasteiger charge is 2.31. The van der Waals surface area contributed by atoms with E-state index in [0.717, 1.165) is 38.3 Å². The highest BCUT2D eigenvalue weighted by molar-refractivity contribution is 5.56. The van der Waals surface area contributed by atoms with Crippen molar-refractivity contribution in [1.82, 2.24) is 14.9 Å². The largest absolute Gasteiger partial charge is 0.406 e. The monoisotopic (exact) mass is 295 g/mol. The predicted molar refractivity (Wildman–Crippen MR) is 82.8 cm³/mol. The minimum atomic E-state index is -0.360. The maximum atomic E-state index is 11.2. The maximum Gasteiger partial charge on any atom is 0.406 e. The van der Waals surface area contributed by atoms with Crippen LogP contribution in [0.3, 0.4) is 0 Å². The summed E-state index contributed by atoms with van der Waals surface area (Å²) in [5.41, 5.74) is 0. The number of aryl methyl sites for hydroxylation is 1. The number of nitro groups is 1. The molecule has 0 bridgehead atoms. The van der Waals surface area contributed by atoms with E-state index >= 15 is 0 Å². The van der Waals surface area contributed by atoms with Gasteiger partial charge in [0.05, 0.1) is 0 Å². The molecule has 0 atom stereocenters. The van der Waals surface area contributed by atoms with Crippen molar-refractivity contribution in [2.75, 3.05) is 31.6 Å². The van der Waals surface area contributed by atoms with E-state index < -0.39 is 0 Å². The van der Waals surface area contributed by atoms with Crippen LogP contribution in [0.4, 0.5) is 11.6 Å². The number of nitrogens with zero attached hydrogens (tertiary/aromatic N) is 4. The summed E-state index contributed by atoms with van der Waals surface area (Å²) in [6.45, 7) is 7.33. The molecule has 0 amide bonds. The van der Waals surface area contributed by atoms with Gasteiger partial charge in [0.25, 0.3) is 0 Å². The molecule has 2 heterocycles. The van der Waals surface area contributed by atoms with E-state index in [1.54, 1.807) is 0 Å². The minimum Gasteiger partial charge on any atom is -0.358 e. The second kappa shape index (κ2) is 6.89. The third kappa shape index (κ3) is 3.34. The molecule has 0 aliphatic carbocycles. The van der Waals surface area contributed by atoms with Crippen LogP contribution in [0.15, 0.2) is 0 Å². The van der Waals surface area contributed by atoms with Crippen molar-refractivity contribution in [3.05, 3.63) is 15.9 Å². The van der Waals surface area contributed by atoms with Gasteiger partial charge in [-0.3, -0.25) is 4.57 Å². The zero-order chi connectivity index (χ0) is 15.4. The Bertz CT molecular complexity index is 492. The van der Waals surface area contributed by atoms with Crippen LogP contribution in [-0.4, -0.2) is 41.2 Å². The smallest absolute Gasteiger partial charge is 0.358 e. The molecular weight excluding hydrogens is 270 g/mol. The lowest BCUT2D eigenvalue weighted by atomic mass is 9.93. The number of rotatable bonds is 6. The minimum absolute atomic E-state index is 0.00280. The molecule has 1 aromatic heterocycles. The molecule has 1 saturated heterocycles. The van der Waals surface area contributed by atoms with Crippen molar-refractivity contribution in [3.8, 4) is 0 Å². The lowest BCUT2D eigenvalue weighted by Crippen LogP contribution is -2.36. The zero-order valence-electron chi connectivity index (χ0n) is 13.1. The van der Waals surface area contributed by atoms with E-state index in [1.807, 2.05) is 25.5 Å². The van der Waals surface area contributed by atoms with Gasteiger partial charge in [0.15, 0.2) is 0 Å². The average Bonchev–Trinajstić information content (AvgIpc) is 2.82. The highest BCUT2D eigenvalue weighted by atomic mass is 16.6. The Hall–Kier alpha value is -1.63. The van der Waals surface area contributed by atoms with Gasteiger partial charge in [0.2, 0.25) is 11.6 Å². The van der Waals surface area contributed by atoms with Gasteiger partial charge < -0.3 is 20.3 Å². The van der Waals surface area contributed by atoms with E-state index in [-0.39, 0.29) is 10.7 Å². The third-order valence-electron chi connectivity index (χ3n) is 4.32. The number of imidazole rings is 1. The quantitative estimate of drug-likeness (QED) is 0.641. The Morgan fingerprint density at radius 3 is 2.62 bits per heavy atom. The first kappa shape index (κ1) is 15.8. The highest BCUT2D eigenvalue weighted by Crippen LogP contribution is 2.32. The molecule has 0 spiro atoms. The first-order valence-electron chi connectivity index (χ1n) is 7.69. The van der Waals surface area contributed by atoms with Gasteiger partial charge in [-0.15, -0.1) is 0 Å². The summed E-state index contributed by atoms with van der Waals surface area (Å²) in [4.78, 5) is 17.2. The van der Waals surface area contributed by atoms with Crippen LogP contribution in [0.1, 0.15) is 32.0 Å². The molecule has 118 valence electrons. The SMILES string of the molecule is CCn1c(C)nc([N+](=O)[O-])c1N1CCC(CCNC)CC1. The summed E-state index contributed by atoms with van der Waals surface area (Å²) in [5, 5.41) is 14.4. The standard InChI is InChI=1S/C14H25N5O2/c1-4-18-11(2)16-13(19(20)21)14(18)17-9-6-12(7-10-17)5-8-15-3/h12,15H,4-10H2,1-3H3. The Labute approximate surface area is 125 Å². The summed E-state index contributed by atoms with van der Waals surface area (Å²) in [5.74, 6) is 2.12. The fourth-order valence-corrected chi connectivity index (χ4v) is 3.13. The lowest BCUT2D eigenvalue weighted by Gasteiger charge is -2.33. The Balaban J connectivity index is 2.14. The van der Waals surface area contributed by atoms with Crippen LogP contribution in [0.25, 0.3) is 0 Å². The molecule has 0 saturated carbocycles. The van der Waals surface area contributed by atoms with Crippen LogP contribution in [0, 0.1) is 23.0 Å². The fraction of sp³-hybridized carbons (Fsp3) is 0.786. The maximum absolute atomic E-state index is 11.2. The van der Waals surface area contributed by atoms with Crippen LogP contribution in [0.2, 0.25) is 0 Å². The van der Waals surface area contributed by atoms with Gasteiger partial charge >= 0.3 is 5.82 Å². The van der Waals surface area contributed by atoms with Crippen molar-refractivity contribution in [3.63, 3.8) is 0 Å². The number of piperidine rings is 1. The summed E-state index contributed by atoms with van der Waals surface area (Å²) in [6, 6.07) is 0. The van der Waals surface area contributed by atoms with Gasteiger partial charge in [-0.1, -0.05) is 0 Å². The third-order valence-corrected chi connectivity index (χ3v) is 4.32. The summed E-state index contributed by atoms with van der Waals surface area (Å²) in [6.07, 6.45) is 3.36. The Morgan fingerprint density at radius 2 is 2.10 bits per heavy atom.